The fraction of sp³-hybridized carbons (Fsp3) is 0.536. The van der Waals surface area contributed by atoms with Crippen LogP contribution < -0.4 is 10.6 Å². The largest absolute Gasteiger partial charge is 0.385 e. The molecule has 2 aromatic carbocycles. The smallest absolute Gasteiger partial charge is 0.317 e. The highest BCUT2D eigenvalue weighted by atomic mass is 35.5. The Morgan fingerprint density at radius 3 is 2.63 bits per heavy atom. The zero-order chi connectivity index (χ0) is 25.3. The molecule has 3 atom stereocenters. The van der Waals surface area contributed by atoms with Crippen molar-refractivity contribution in [1.29, 1.82) is 0 Å². The van der Waals surface area contributed by atoms with Crippen molar-refractivity contribution in [3.8, 4) is 11.1 Å². The fourth-order valence-corrected chi connectivity index (χ4v) is 5.42. The van der Waals surface area contributed by atoms with Crippen molar-refractivity contribution in [3.05, 3.63) is 59.1 Å². The van der Waals surface area contributed by atoms with Gasteiger partial charge >= 0.3 is 6.03 Å². The van der Waals surface area contributed by atoms with Gasteiger partial charge in [0.1, 0.15) is 0 Å². The van der Waals surface area contributed by atoms with E-state index in [0.29, 0.717) is 37.7 Å². The van der Waals surface area contributed by atoms with E-state index in [4.69, 9.17) is 16.3 Å². The van der Waals surface area contributed by atoms with Gasteiger partial charge in [-0.05, 0) is 63.3 Å². The van der Waals surface area contributed by atoms with Crippen molar-refractivity contribution >= 4 is 17.6 Å². The summed E-state index contributed by atoms with van der Waals surface area (Å²) in [5.41, 5.74) is 1.63. The van der Waals surface area contributed by atoms with E-state index < -0.39 is 5.60 Å². The molecule has 35 heavy (non-hydrogen) atoms. The van der Waals surface area contributed by atoms with E-state index in [-0.39, 0.29) is 18.0 Å². The first-order chi connectivity index (χ1) is 16.9. The Bertz CT molecular complexity index is 957. The number of aliphatic hydroxyl groups is 1. The Hall–Kier alpha value is -2.12. The van der Waals surface area contributed by atoms with Gasteiger partial charge in [0.15, 0.2) is 0 Å². The zero-order valence-electron chi connectivity index (χ0n) is 21.2. The standard InChI is InChI=1S/C28H40ClN3O3/c1-21(19-30-2)31-27(33)32-17-10-11-22(20-32)28(34,16-8-9-18-35-3)25-14-6-4-12-23(25)24-13-5-7-15-26(24)29/h4-7,12-15,21-22,30,34H,8-11,16-20H2,1-3H3,(H,31,33)/t21?,22-,28+/m1/s1. The summed E-state index contributed by atoms with van der Waals surface area (Å²) in [6.45, 7) is 4.56. The number of carbonyl (C=O) groups is 1. The average molecular weight is 502 g/mol. The summed E-state index contributed by atoms with van der Waals surface area (Å²) >= 11 is 6.59. The average Bonchev–Trinajstić information content (AvgIpc) is 2.87. The molecule has 0 saturated carbocycles. The van der Waals surface area contributed by atoms with Crippen LogP contribution in [0.2, 0.25) is 5.02 Å². The van der Waals surface area contributed by atoms with E-state index in [1.807, 2.05) is 67.4 Å². The molecule has 6 nitrogen and oxygen atoms in total. The number of nitrogens with zero attached hydrogens (tertiary/aromatic N) is 1. The van der Waals surface area contributed by atoms with Gasteiger partial charge in [0.25, 0.3) is 0 Å². The van der Waals surface area contributed by atoms with Crippen molar-refractivity contribution in [2.75, 3.05) is 40.4 Å². The van der Waals surface area contributed by atoms with Gasteiger partial charge in [-0.2, -0.15) is 0 Å². The number of urea groups is 1. The van der Waals surface area contributed by atoms with E-state index in [2.05, 4.69) is 10.6 Å². The predicted molar refractivity (Wildman–Crippen MR) is 143 cm³/mol. The highest BCUT2D eigenvalue weighted by Gasteiger charge is 2.42. The minimum Gasteiger partial charge on any atom is -0.385 e. The SMILES string of the molecule is CNCC(C)NC(=O)N1CCC[C@@H]([C@@](O)(CCCCOC)c2ccccc2-c2ccccc2Cl)C1. The molecule has 1 aliphatic rings. The van der Waals surface area contributed by atoms with Crippen molar-refractivity contribution in [2.45, 2.75) is 50.7 Å². The number of likely N-dealkylation sites (N-methyl/N-ethyl adjacent to an activating group) is 1. The molecular formula is C28H40ClN3O3. The number of unbranched alkanes of at least 4 members (excludes halogenated alkanes) is 1. The monoisotopic (exact) mass is 501 g/mol. The Balaban J connectivity index is 1.93. The van der Waals surface area contributed by atoms with Crippen LogP contribution in [-0.2, 0) is 10.3 Å². The summed E-state index contributed by atoms with van der Waals surface area (Å²) in [5.74, 6) is -0.0900. The van der Waals surface area contributed by atoms with Crippen LogP contribution in [0.25, 0.3) is 11.1 Å². The second-order valence-electron chi connectivity index (χ2n) is 9.59. The highest BCUT2D eigenvalue weighted by molar-refractivity contribution is 6.33. The van der Waals surface area contributed by atoms with Crippen molar-refractivity contribution in [1.82, 2.24) is 15.5 Å². The molecule has 1 unspecified atom stereocenters. The molecule has 1 saturated heterocycles. The third-order valence-corrected chi connectivity index (χ3v) is 7.31. The van der Waals surface area contributed by atoms with Crippen LogP contribution in [0, 0.1) is 5.92 Å². The summed E-state index contributed by atoms with van der Waals surface area (Å²) < 4.78 is 5.26. The number of carbonyl (C=O) groups excluding carboxylic acids is 1. The maximum atomic E-state index is 13.0. The maximum absolute atomic E-state index is 13.0. The molecule has 0 radical (unpaired) electrons. The summed E-state index contributed by atoms with van der Waals surface area (Å²) in [6.07, 6.45) is 3.99. The minimum atomic E-state index is -1.10. The topological polar surface area (TPSA) is 73.8 Å². The Morgan fingerprint density at radius 1 is 1.20 bits per heavy atom. The van der Waals surface area contributed by atoms with Crippen molar-refractivity contribution in [2.24, 2.45) is 5.92 Å². The number of hydrogen-bond acceptors (Lipinski definition) is 4. The molecule has 2 aromatic rings. The van der Waals surface area contributed by atoms with E-state index in [0.717, 1.165) is 42.4 Å². The molecule has 192 valence electrons. The molecule has 0 spiro atoms. The number of likely N-dealkylation sites (tertiary alicyclic amines) is 1. The van der Waals surface area contributed by atoms with Crippen LogP contribution in [0.15, 0.2) is 48.5 Å². The minimum absolute atomic E-state index is 0.0294. The lowest BCUT2D eigenvalue weighted by atomic mass is 9.72. The number of piperidine rings is 1. The number of rotatable bonds is 11. The van der Waals surface area contributed by atoms with Gasteiger partial charge < -0.3 is 25.4 Å². The molecular weight excluding hydrogens is 462 g/mol. The van der Waals surface area contributed by atoms with Gasteiger partial charge in [-0.25, -0.2) is 4.79 Å². The Labute approximate surface area is 215 Å². The lowest BCUT2D eigenvalue weighted by molar-refractivity contribution is -0.0559. The summed E-state index contributed by atoms with van der Waals surface area (Å²) in [6, 6.07) is 15.7. The number of methoxy groups -OCH3 is 1. The molecule has 0 aliphatic carbocycles. The molecule has 1 heterocycles. The Kier molecular flexibility index (Phi) is 10.4. The third-order valence-electron chi connectivity index (χ3n) is 6.98. The van der Waals surface area contributed by atoms with E-state index >= 15 is 0 Å². The van der Waals surface area contributed by atoms with E-state index in [1.165, 1.54) is 0 Å². The number of amides is 2. The van der Waals surface area contributed by atoms with Crippen LogP contribution in [0.5, 0.6) is 0 Å². The predicted octanol–water partition coefficient (Wildman–Crippen LogP) is 5.04. The van der Waals surface area contributed by atoms with Crippen molar-refractivity contribution in [3.63, 3.8) is 0 Å². The first-order valence-corrected chi connectivity index (χ1v) is 13.0. The molecule has 1 aliphatic heterocycles. The van der Waals surface area contributed by atoms with E-state index in [1.54, 1.807) is 7.11 Å². The molecule has 3 rings (SSSR count). The first kappa shape index (κ1) is 27.5. The second-order valence-corrected chi connectivity index (χ2v) is 10.0. The zero-order valence-corrected chi connectivity index (χ0v) is 22.0. The maximum Gasteiger partial charge on any atom is 0.317 e. The second kappa shape index (κ2) is 13.3. The highest BCUT2D eigenvalue weighted by Crippen LogP contribution is 2.44. The van der Waals surface area contributed by atoms with Crippen LogP contribution in [0.3, 0.4) is 0 Å². The first-order valence-electron chi connectivity index (χ1n) is 12.7. The molecule has 3 N–H and O–H groups in total. The van der Waals surface area contributed by atoms with Gasteiger partial charge in [0, 0.05) is 55.9 Å². The normalized spacial score (nSPS) is 18.7. The molecule has 7 heteroatoms. The van der Waals surface area contributed by atoms with Crippen molar-refractivity contribution < 1.29 is 14.6 Å². The van der Waals surface area contributed by atoms with Crippen LogP contribution in [0.4, 0.5) is 4.79 Å². The number of ether oxygens (including phenoxy) is 1. The van der Waals surface area contributed by atoms with E-state index in [9.17, 15) is 9.90 Å². The van der Waals surface area contributed by atoms with Crippen LogP contribution in [0.1, 0.15) is 44.6 Å². The van der Waals surface area contributed by atoms with Crippen LogP contribution in [-0.4, -0.2) is 62.5 Å². The fourth-order valence-electron chi connectivity index (χ4n) is 5.19. The third kappa shape index (κ3) is 6.98. The lowest BCUT2D eigenvalue weighted by Gasteiger charge is -2.44. The molecule has 2 amide bonds. The van der Waals surface area contributed by atoms with Gasteiger partial charge in [-0.15, -0.1) is 0 Å². The van der Waals surface area contributed by atoms with Gasteiger partial charge in [-0.3, -0.25) is 0 Å². The summed E-state index contributed by atoms with van der Waals surface area (Å²) in [7, 11) is 3.57. The summed E-state index contributed by atoms with van der Waals surface area (Å²) in [4.78, 5) is 14.9. The van der Waals surface area contributed by atoms with Gasteiger partial charge in [-0.1, -0.05) is 54.1 Å². The van der Waals surface area contributed by atoms with Gasteiger partial charge in [0.05, 0.1) is 5.60 Å². The Morgan fingerprint density at radius 2 is 1.91 bits per heavy atom. The quantitative estimate of drug-likeness (QED) is 0.377. The number of hydrogen-bond donors (Lipinski definition) is 3. The number of halogens is 1. The number of nitrogens with one attached hydrogen (secondary N) is 2. The molecule has 0 bridgehead atoms. The van der Waals surface area contributed by atoms with Crippen LogP contribution >= 0.6 is 11.6 Å². The molecule has 1 fully saturated rings. The lowest BCUT2D eigenvalue weighted by Crippen LogP contribution is -2.53. The van der Waals surface area contributed by atoms with Gasteiger partial charge in [0.2, 0.25) is 0 Å². The number of benzene rings is 2. The summed E-state index contributed by atoms with van der Waals surface area (Å²) in [5, 5.41) is 19.3. The molecule has 0 aromatic heterocycles.